The molecule has 0 spiro atoms. The van der Waals surface area contributed by atoms with E-state index in [1.54, 1.807) is 42.0 Å². The number of rotatable bonds is 6. The van der Waals surface area contributed by atoms with Gasteiger partial charge in [-0.15, -0.1) is 0 Å². The molecule has 10 heteroatoms. The van der Waals surface area contributed by atoms with Gasteiger partial charge in [-0.25, -0.2) is 9.37 Å². The number of benzene rings is 2. The Kier molecular flexibility index (Phi) is 6.60. The maximum atomic E-state index is 14.8. The minimum absolute atomic E-state index is 0.222. The summed E-state index contributed by atoms with van der Waals surface area (Å²) < 4.78 is 21.5. The summed E-state index contributed by atoms with van der Waals surface area (Å²) in [4.78, 5) is 26.8. The van der Waals surface area contributed by atoms with Gasteiger partial charge in [0.2, 0.25) is 17.7 Å². The second-order valence-electron chi connectivity index (χ2n) is 9.75. The Bertz CT molecular complexity index is 1760. The lowest BCUT2D eigenvalue weighted by atomic mass is 9.97. The van der Waals surface area contributed by atoms with Gasteiger partial charge in [-0.1, -0.05) is 47.8 Å². The van der Waals surface area contributed by atoms with Crippen molar-refractivity contribution in [3.63, 3.8) is 0 Å². The second-order valence-corrected chi connectivity index (χ2v) is 10.2. The van der Waals surface area contributed by atoms with Gasteiger partial charge in [0.05, 0.1) is 0 Å². The molecule has 8 nitrogen and oxygen atoms in total. The number of hydrogen-bond donors (Lipinski definition) is 1. The largest absolute Gasteiger partial charge is 0.339 e. The number of aromatic nitrogens is 5. The van der Waals surface area contributed by atoms with Crippen molar-refractivity contribution in [1.29, 1.82) is 0 Å². The lowest BCUT2D eigenvalue weighted by molar-refractivity contribution is 0.394. The Balaban J connectivity index is 1.33. The van der Waals surface area contributed by atoms with Crippen molar-refractivity contribution in [2.24, 2.45) is 0 Å². The maximum absolute atomic E-state index is 14.8. The van der Waals surface area contributed by atoms with E-state index in [1.807, 2.05) is 19.1 Å². The fraction of sp³-hybridized carbons (Fsp3) is 0.276. The van der Waals surface area contributed by atoms with E-state index in [4.69, 9.17) is 16.1 Å². The zero-order chi connectivity index (χ0) is 27.1. The highest BCUT2D eigenvalue weighted by atomic mass is 35.5. The average molecular weight is 545 g/mol. The number of aryl methyl sites for hydroxylation is 2. The number of nitrogens with zero attached hydrogens (tertiary/aromatic N) is 5. The Labute approximate surface area is 228 Å². The van der Waals surface area contributed by atoms with Gasteiger partial charge < -0.3 is 9.84 Å². The lowest BCUT2D eigenvalue weighted by Crippen LogP contribution is -2.22. The molecule has 1 fully saturated rings. The minimum atomic E-state index is -0.230. The molecule has 0 bridgehead atoms. The molecule has 1 N–H and O–H groups in total. The summed E-state index contributed by atoms with van der Waals surface area (Å²) in [6.45, 7) is 3.98. The maximum Gasteiger partial charge on any atom is 0.260 e. The van der Waals surface area contributed by atoms with Crippen LogP contribution in [0.25, 0.3) is 33.5 Å². The molecule has 5 aromatic rings. The van der Waals surface area contributed by atoms with Gasteiger partial charge in [0, 0.05) is 52.5 Å². The molecule has 0 unspecified atom stereocenters. The summed E-state index contributed by atoms with van der Waals surface area (Å²) in [6.07, 6.45) is 6.00. The van der Waals surface area contributed by atoms with Crippen molar-refractivity contribution < 1.29 is 8.91 Å². The standard InChI is InChI=1S/C29H26ClFN6O2/c1-3-37-27-19(12-23(28(37)38)22-10-8-18(13-24(22)30)26-33-16(2)39-36-26)15-32-29(35-27)34-20-9-11-21(25(31)14-20)17-6-4-5-7-17/h8-15,17H,3-7H2,1-2H3,(H,32,34,35). The molecule has 1 saturated carbocycles. The van der Waals surface area contributed by atoms with Crippen LogP contribution in [0.1, 0.15) is 50.0 Å². The van der Waals surface area contributed by atoms with Crippen LogP contribution in [-0.2, 0) is 6.54 Å². The van der Waals surface area contributed by atoms with Gasteiger partial charge in [0.25, 0.3) is 5.56 Å². The topological polar surface area (TPSA) is 98.7 Å². The molecule has 39 heavy (non-hydrogen) atoms. The molecule has 0 saturated heterocycles. The van der Waals surface area contributed by atoms with Crippen molar-refractivity contribution >= 4 is 34.3 Å². The molecule has 1 aliphatic rings. The molecule has 0 aliphatic heterocycles. The summed E-state index contributed by atoms with van der Waals surface area (Å²) in [5.41, 5.74) is 3.26. The van der Waals surface area contributed by atoms with Crippen molar-refractivity contribution in [1.82, 2.24) is 24.7 Å². The molecule has 0 amide bonds. The van der Waals surface area contributed by atoms with Gasteiger partial charge in [-0.3, -0.25) is 9.36 Å². The summed E-state index contributed by atoms with van der Waals surface area (Å²) in [7, 11) is 0. The van der Waals surface area contributed by atoms with Crippen LogP contribution in [0.4, 0.5) is 16.0 Å². The first-order valence-electron chi connectivity index (χ1n) is 13.0. The molecule has 2 aromatic carbocycles. The van der Waals surface area contributed by atoms with Crippen molar-refractivity contribution in [2.45, 2.75) is 52.0 Å². The van der Waals surface area contributed by atoms with E-state index < -0.39 is 0 Å². The van der Waals surface area contributed by atoms with E-state index in [-0.39, 0.29) is 23.2 Å². The number of fused-ring (bicyclic) bond motifs is 1. The minimum Gasteiger partial charge on any atom is -0.339 e. The summed E-state index contributed by atoms with van der Waals surface area (Å²) in [5, 5.41) is 8.07. The van der Waals surface area contributed by atoms with E-state index in [0.29, 0.717) is 56.7 Å². The summed E-state index contributed by atoms with van der Waals surface area (Å²) in [6, 6.07) is 12.2. The van der Waals surface area contributed by atoms with E-state index >= 15 is 0 Å². The number of hydrogen-bond acceptors (Lipinski definition) is 7. The van der Waals surface area contributed by atoms with Gasteiger partial charge in [-0.2, -0.15) is 9.97 Å². The van der Waals surface area contributed by atoms with Gasteiger partial charge in [-0.05, 0) is 55.5 Å². The van der Waals surface area contributed by atoms with E-state index in [2.05, 4.69) is 25.4 Å². The fourth-order valence-electron chi connectivity index (χ4n) is 5.30. The smallest absolute Gasteiger partial charge is 0.260 e. The molecule has 198 valence electrons. The Morgan fingerprint density at radius 2 is 1.92 bits per heavy atom. The monoisotopic (exact) mass is 544 g/mol. The molecule has 0 radical (unpaired) electrons. The third-order valence-corrected chi connectivity index (χ3v) is 7.55. The van der Waals surface area contributed by atoms with Crippen molar-refractivity contribution in [3.05, 3.63) is 81.3 Å². The van der Waals surface area contributed by atoms with Gasteiger partial charge in [0.1, 0.15) is 11.5 Å². The predicted octanol–water partition coefficient (Wildman–Crippen LogP) is 7.03. The molecule has 3 aromatic heterocycles. The van der Waals surface area contributed by atoms with E-state index in [0.717, 1.165) is 31.2 Å². The third kappa shape index (κ3) is 4.78. The zero-order valence-corrected chi connectivity index (χ0v) is 22.3. The molecule has 3 heterocycles. The highest BCUT2D eigenvalue weighted by Gasteiger charge is 2.21. The predicted molar refractivity (Wildman–Crippen MR) is 149 cm³/mol. The molecule has 0 atom stereocenters. The number of anilines is 2. The van der Waals surface area contributed by atoms with Crippen LogP contribution >= 0.6 is 11.6 Å². The first-order valence-corrected chi connectivity index (χ1v) is 13.4. The number of pyridine rings is 1. The van der Waals surface area contributed by atoms with E-state index in [1.165, 1.54) is 6.07 Å². The van der Waals surface area contributed by atoms with Crippen molar-refractivity contribution in [3.8, 4) is 22.5 Å². The highest BCUT2D eigenvalue weighted by molar-refractivity contribution is 6.33. The van der Waals surface area contributed by atoms with Crippen LogP contribution in [0, 0.1) is 12.7 Å². The van der Waals surface area contributed by atoms with Crippen LogP contribution in [0.5, 0.6) is 0 Å². The number of halogens is 2. The van der Waals surface area contributed by atoms with Crippen molar-refractivity contribution in [2.75, 3.05) is 5.32 Å². The lowest BCUT2D eigenvalue weighted by Gasteiger charge is -2.14. The molecular formula is C29H26ClFN6O2. The SMILES string of the molecule is CCn1c(=O)c(-c2ccc(-c3noc(C)n3)cc2Cl)cc2cnc(Nc3ccc(C4CCCC4)c(F)c3)nc21. The van der Waals surface area contributed by atoms with Gasteiger partial charge in [0.15, 0.2) is 0 Å². The highest BCUT2D eigenvalue weighted by Crippen LogP contribution is 2.36. The van der Waals surface area contributed by atoms with Crippen LogP contribution in [0.3, 0.4) is 0 Å². The van der Waals surface area contributed by atoms with Crippen LogP contribution in [0.2, 0.25) is 5.02 Å². The average Bonchev–Trinajstić information content (AvgIpc) is 3.61. The number of nitrogens with one attached hydrogen (secondary N) is 1. The van der Waals surface area contributed by atoms with Gasteiger partial charge >= 0.3 is 0 Å². The third-order valence-electron chi connectivity index (χ3n) is 7.24. The Hall–Kier alpha value is -4.11. The Morgan fingerprint density at radius 1 is 1.10 bits per heavy atom. The Morgan fingerprint density at radius 3 is 2.62 bits per heavy atom. The summed E-state index contributed by atoms with van der Waals surface area (Å²) >= 11 is 6.61. The zero-order valence-electron chi connectivity index (χ0n) is 21.5. The second kappa shape index (κ2) is 10.2. The normalized spacial score (nSPS) is 13.8. The fourth-order valence-corrected chi connectivity index (χ4v) is 5.58. The van der Waals surface area contributed by atoms with Crippen LogP contribution < -0.4 is 10.9 Å². The van der Waals surface area contributed by atoms with Crippen LogP contribution in [0.15, 0.2) is 58.0 Å². The van der Waals surface area contributed by atoms with E-state index in [9.17, 15) is 9.18 Å². The summed E-state index contributed by atoms with van der Waals surface area (Å²) in [5.74, 6) is 1.22. The molecular weight excluding hydrogens is 519 g/mol. The first-order chi connectivity index (χ1) is 18.9. The van der Waals surface area contributed by atoms with Crippen LogP contribution in [-0.4, -0.2) is 24.7 Å². The first kappa shape index (κ1) is 25.2. The molecule has 6 rings (SSSR count). The molecule has 1 aliphatic carbocycles. The quantitative estimate of drug-likeness (QED) is 0.245.